The van der Waals surface area contributed by atoms with Gasteiger partial charge in [0.05, 0.1) is 25.1 Å². The van der Waals surface area contributed by atoms with E-state index in [1.807, 2.05) is 24.3 Å². The number of nitrogens with zero attached hydrogens (tertiary/aromatic N) is 3. The van der Waals surface area contributed by atoms with E-state index >= 15 is 0 Å². The SMILES string of the molecule is CCOC(=O)C(Sc1nc2c(sc(=S)n2-c2ccccc2OC)c(=O)n1-c1ccccc1)C(C)=O. The quantitative estimate of drug-likeness (QED) is 0.108. The third-order valence-corrected chi connectivity index (χ3v) is 7.61. The van der Waals surface area contributed by atoms with Gasteiger partial charge in [-0.3, -0.25) is 23.5 Å². The van der Waals surface area contributed by atoms with Crippen molar-refractivity contribution in [3.8, 4) is 17.1 Å². The van der Waals surface area contributed by atoms with Gasteiger partial charge in [0.25, 0.3) is 5.56 Å². The molecule has 0 aliphatic rings. The summed E-state index contributed by atoms with van der Waals surface area (Å²) in [4.78, 5) is 43.5. The summed E-state index contributed by atoms with van der Waals surface area (Å²) in [6.07, 6.45) is 0. The van der Waals surface area contributed by atoms with Crippen molar-refractivity contribution in [2.45, 2.75) is 24.3 Å². The molecule has 0 saturated carbocycles. The highest BCUT2D eigenvalue weighted by atomic mass is 32.2. The number of methoxy groups -OCH3 is 1. The molecule has 0 aliphatic carbocycles. The maximum Gasteiger partial charge on any atom is 0.327 e. The molecule has 0 amide bonds. The Kier molecular flexibility index (Phi) is 7.48. The topological polar surface area (TPSA) is 92.4 Å². The minimum atomic E-state index is -1.18. The van der Waals surface area contributed by atoms with Gasteiger partial charge in [0.15, 0.2) is 25.8 Å². The molecule has 2 aromatic heterocycles. The van der Waals surface area contributed by atoms with Crippen LogP contribution in [0.15, 0.2) is 64.5 Å². The van der Waals surface area contributed by atoms with E-state index in [9.17, 15) is 14.4 Å². The van der Waals surface area contributed by atoms with E-state index in [4.69, 9.17) is 26.7 Å². The molecule has 0 saturated heterocycles. The molecule has 0 radical (unpaired) electrons. The van der Waals surface area contributed by atoms with E-state index < -0.39 is 17.0 Å². The van der Waals surface area contributed by atoms with Crippen LogP contribution in [0.1, 0.15) is 13.8 Å². The first kappa shape index (κ1) is 24.8. The number of thiazole rings is 1. The van der Waals surface area contributed by atoms with Crippen molar-refractivity contribution in [3.63, 3.8) is 0 Å². The Morgan fingerprint density at radius 2 is 1.80 bits per heavy atom. The molecule has 1 atom stereocenters. The molecule has 0 N–H and O–H groups in total. The Morgan fingerprint density at radius 3 is 2.46 bits per heavy atom. The van der Waals surface area contributed by atoms with Crippen LogP contribution in [0.4, 0.5) is 0 Å². The predicted molar refractivity (Wildman–Crippen MR) is 139 cm³/mol. The molecule has 2 heterocycles. The van der Waals surface area contributed by atoms with E-state index in [0.717, 1.165) is 23.1 Å². The molecule has 1 unspecified atom stereocenters. The minimum absolute atomic E-state index is 0.124. The van der Waals surface area contributed by atoms with Crippen molar-refractivity contribution in [2.24, 2.45) is 0 Å². The van der Waals surface area contributed by atoms with Gasteiger partial charge in [-0.1, -0.05) is 53.4 Å². The van der Waals surface area contributed by atoms with Crippen LogP contribution in [0, 0.1) is 3.95 Å². The summed E-state index contributed by atoms with van der Waals surface area (Å²) in [6, 6.07) is 16.2. The molecule has 0 bridgehead atoms. The van der Waals surface area contributed by atoms with Gasteiger partial charge in [0.1, 0.15) is 10.4 Å². The van der Waals surface area contributed by atoms with Gasteiger partial charge in [-0.25, -0.2) is 4.98 Å². The van der Waals surface area contributed by atoms with Crippen molar-refractivity contribution in [1.82, 2.24) is 14.1 Å². The number of carbonyl (C=O) groups is 2. The number of hydrogen-bond donors (Lipinski definition) is 0. The summed E-state index contributed by atoms with van der Waals surface area (Å²) in [5.41, 5.74) is 1.12. The number of para-hydroxylation sites is 3. The number of fused-ring (bicyclic) bond motifs is 1. The largest absolute Gasteiger partial charge is 0.495 e. The van der Waals surface area contributed by atoms with Crippen LogP contribution in [-0.4, -0.2) is 44.8 Å². The summed E-state index contributed by atoms with van der Waals surface area (Å²) in [5, 5.41) is -1.02. The highest BCUT2D eigenvalue weighted by Crippen LogP contribution is 2.32. The summed E-state index contributed by atoms with van der Waals surface area (Å²) in [6.45, 7) is 3.09. The highest BCUT2D eigenvalue weighted by Gasteiger charge is 2.30. The number of aromatic nitrogens is 3. The molecule has 2 aromatic carbocycles. The maximum absolute atomic E-state index is 13.8. The Bertz CT molecular complexity index is 1530. The van der Waals surface area contributed by atoms with Crippen LogP contribution in [-0.2, 0) is 14.3 Å². The Balaban J connectivity index is 2.03. The molecule has 4 aromatic rings. The van der Waals surface area contributed by atoms with Crippen molar-refractivity contribution in [3.05, 3.63) is 68.9 Å². The standard InChI is InChI=1S/C24H21N3O5S3/c1-4-32-22(30)18(14(2)28)34-23-25-20-19(21(29)26(23)15-10-6-5-7-11-15)35-24(33)27(20)16-12-8-9-13-17(16)31-3/h5-13,18H,4H2,1-3H3. The van der Waals surface area contributed by atoms with Crippen LogP contribution >= 0.6 is 35.3 Å². The molecule has 0 fully saturated rings. The maximum atomic E-state index is 13.8. The first-order valence-electron chi connectivity index (χ1n) is 10.6. The zero-order valence-corrected chi connectivity index (χ0v) is 21.5. The molecule has 35 heavy (non-hydrogen) atoms. The average Bonchev–Trinajstić information content (AvgIpc) is 3.18. The number of ketones is 1. The van der Waals surface area contributed by atoms with E-state index in [0.29, 0.717) is 31.4 Å². The minimum Gasteiger partial charge on any atom is -0.495 e. The number of ether oxygens (including phenoxy) is 2. The van der Waals surface area contributed by atoms with Crippen LogP contribution in [0.3, 0.4) is 0 Å². The molecule has 8 nitrogen and oxygen atoms in total. The molecule has 180 valence electrons. The predicted octanol–water partition coefficient (Wildman–Crippen LogP) is 4.59. The van der Waals surface area contributed by atoms with Crippen molar-refractivity contribution < 1.29 is 19.1 Å². The Morgan fingerprint density at radius 1 is 1.11 bits per heavy atom. The lowest BCUT2D eigenvalue weighted by molar-refractivity contribution is -0.144. The van der Waals surface area contributed by atoms with Gasteiger partial charge < -0.3 is 9.47 Å². The summed E-state index contributed by atoms with van der Waals surface area (Å²) in [7, 11) is 1.55. The molecular weight excluding hydrogens is 506 g/mol. The lowest BCUT2D eigenvalue weighted by atomic mass is 10.3. The summed E-state index contributed by atoms with van der Waals surface area (Å²) in [5.74, 6) is -0.542. The van der Waals surface area contributed by atoms with Gasteiger partial charge >= 0.3 is 5.97 Å². The fourth-order valence-corrected chi connectivity index (χ4v) is 5.73. The van der Waals surface area contributed by atoms with E-state index in [1.54, 1.807) is 48.9 Å². The monoisotopic (exact) mass is 527 g/mol. The molecule has 11 heteroatoms. The number of carbonyl (C=O) groups excluding carboxylic acids is 2. The zero-order chi connectivity index (χ0) is 25.1. The zero-order valence-electron chi connectivity index (χ0n) is 19.1. The van der Waals surface area contributed by atoms with Gasteiger partial charge in [0, 0.05) is 0 Å². The second kappa shape index (κ2) is 10.5. The van der Waals surface area contributed by atoms with Gasteiger partial charge in [-0.05, 0) is 50.3 Å². The van der Waals surface area contributed by atoms with E-state index in [2.05, 4.69) is 0 Å². The smallest absolute Gasteiger partial charge is 0.327 e. The molecule has 4 rings (SSSR count). The van der Waals surface area contributed by atoms with Crippen molar-refractivity contribution >= 4 is 57.4 Å². The second-order valence-corrected chi connectivity index (χ2v) is 9.98. The van der Waals surface area contributed by atoms with Gasteiger partial charge in [-0.2, -0.15) is 0 Å². The number of thioether (sulfide) groups is 1. The number of benzene rings is 2. The first-order chi connectivity index (χ1) is 16.9. The third-order valence-electron chi connectivity index (χ3n) is 5.01. The summed E-state index contributed by atoms with van der Waals surface area (Å²) >= 11 is 7.62. The fraction of sp³-hybridized carbons (Fsp3) is 0.208. The van der Waals surface area contributed by atoms with Gasteiger partial charge in [-0.15, -0.1) is 0 Å². The van der Waals surface area contributed by atoms with Crippen LogP contribution < -0.4 is 10.3 Å². The third kappa shape index (κ3) is 4.79. The van der Waals surface area contributed by atoms with Crippen molar-refractivity contribution in [1.29, 1.82) is 0 Å². The van der Waals surface area contributed by atoms with E-state index in [1.165, 1.54) is 11.5 Å². The van der Waals surface area contributed by atoms with Crippen LogP contribution in [0.5, 0.6) is 5.75 Å². The number of Topliss-reactive ketones (excluding diaryl/α,β-unsaturated/α-hetero) is 1. The molecular formula is C24H21N3O5S3. The van der Waals surface area contributed by atoms with Gasteiger partial charge in [0.2, 0.25) is 0 Å². The highest BCUT2D eigenvalue weighted by molar-refractivity contribution is 8.01. The summed E-state index contributed by atoms with van der Waals surface area (Å²) < 4.78 is 14.4. The van der Waals surface area contributed by atoms with E-state index in [-0.39, 0.29) is 17.3 Å². The number of hydrogen-bond acceptors (Lipinski definition) is 9. The lowest BCUT2D eigenvalue weighted by Crippen LogP contribution is -2.29. The lowest BCUT2D eigenvalue weighted by Gasteiger charge is -2.16. The fourth-order valence-electron chi connectivity index (χ4n) is 3.47. The second-order valence-electron chi connectivity index (χ2n) is 7.26. The first-order valence-corrected chi connectivity index (χ1v) is 12.7. The van der Waals surface area contributed by atoms with Crippen LogP contribution in [0.2, 0.25) is 0 Å². The van der Waals surface area contributed by atoms with Crippen molar-refractivity contribution in [2.75, 3.05) is 13.7 Å². The number of esters is 1. The number of rotatable bonds is 8. The molecule has 0 spiro atoms. The Labute approximate surface area is 214 Å². The molecule has 0 aliphatic heterocycles. The Hall–Kier alpha value is -3.28. The normalized spacial score (nSPS) is 11.9. The van der Waals surface area contributed by atoms with Crippen LogP contribution in [0.25, 0.3) is 21.7 Å². The average molecular weight is 528 g/mol.